The molecule has 3 amide bonds. The average molecular weight is 555 g/mol. The smallest absolute Gasteiger partial charge is 0.326 e. The molecule has 1 aliphatic heterocycles. The highest BCUT2D eigenvalue weighted by Gasteiger charge is 2.39. The van der Waals surface area contributed by atoms with Gasteiger partial charge in [-0.3, -0.25) is 14.4 Å². The summed E-state index contributed by atoms with van der Waals surface area (Å²) in [5.74, 6) is -2.09. The fraction of sp³-hybridized carbons (Fsp3) is 0.161. The lowest BCUT2D eigenvalue weighted by molar-refractivity contribution is -0.139. The first kappa shape index (κ1) is 26.8. The van der Waals surface area contributed by atoms with Crippen molar-refractivity contribution >= 4 is 40.0 Å². The van der Waals surface area contributed by atoms with Crippen molar-refractivity contribution in [3.63, 3.8) is 0 Å². The lowest BCUT2D eigenvalue weighted by Crippen LogP contribution is -2.42. The van der Waals surface area contributed by atoms with Gasteiger partial charge in [-0.05, 0) is 60.9 Å². The van der Waals surface area contributed by atoms with E-state index in [1.165, 1.54) is 29.5 Å². The molecule has 9 heteroatoms. The average Bonchev–Trinajstić information content (AvgIpc) is 3.38. The highest BCUT2D eigenvalue weighted by Crippen LogP contribution is 2.44. The Hall–Kier alpha value is -4.76. The maximum Gasteiger partial charge on any atom is 0.326 e. The number of aryl methyl sites for hydroxylation is 1. The third-order valence-corrected chi connectivity index (χ3v) is 8.11. The first-order chi connectivity index (χ1) is 19.2. The Morgan fingerprint density at radius 2 is 1.62 bits per heavy atom. The molecule has 0 saturated heterocycles. The van der Waals surface area contributed by atoms with Crippen molar-refractivity contribution in [1.29, 1.82) is 0 Å². The second-order valence-corrected chi connectivity index (χ2v) is 10.7. The summed E-state index contributed by atoms with van der Waals surface area (Å²) in [5, 5.41) is 12.7. The lowest BCUT2D eigenvalue weighted by atomic mass is 10.0. The molecule has 1 atom stereocenters. The third-order valence-electron chi connectivity index (χ3n) is 6.91. The van der Waals surface area contributed by atoms with Crippen LogP contribution < -0.4 is 15.0 Å². The zero-order chi connectivity index (χ0) is 28.6. The molecule has 4 aromatic rings. The van der Waals surface area contributed by atoms with Gasteiger partial charge in [-0.25, -0.2) is 9.69 Å². The van der Waals surface area contributed by atoms with Crippen molar-refractivity contribution in [2.24, 2.45) is 0 Å². The van der Waals surface area contributed by atoms with Crippen LogP contribution in [0.25, 0.3) is 11.1 Å². The van der Waals surface area contributed by atoms with Gasteiger partial charge in [0, 0.05) is 22.4 Å². The SMILES string of the molecule is COc1ccc(-c2c(C)sc(N3C(=O)c4ccc(C(=O)N[C@@H](Cc5ccccc5)C(=O)O)cc4C3=O)c2C)cc1. The largest absolute Gasteiger partial charge is 0.497 e. The quantitative estimate of drug-likeness (QED) is 0.287. The number of nitrogens with one attached hydrogen (secondary N) is 1. The number of carbonyl (C=O) groups is 4. The Bertz CT molecular complexity index is 1640. The molecule has 202 valence electrons. The molecule has 40 heavy (non-hydrogen) atoms. The van der Waals surface area contributed by atoms with Gasteiger partial charge < -0.3 is 15.2 Å². The Balaban J connectivity index is 1.41. The van der Waals surface area contributed by atoms with Crippen LogP contribution in [0.15, 0.2) is 72.8 Å². The first-order valence-electron chi connectivity index (χ1n) is 12.5. The van der Waals surface area contributed by atoms with Crippen molar-refractivity contribution in [2.75, 3.05) is 12.0 Å². The Labute approximate surface area is 234 Å². The van der Waals surface area contributed by atoms with E-state index in [9.17, 15) is 24.3 Å². The number of rotatable bonds is 8. The molecule has 0 unspecified atom stereocenters. The van der Waals surface area contributed by atoms with Gasteiger partial charge in [-0.2, -0.15) is 0 Å². The Kier molecular flexibility index (Phi) is 7.23. The summed E-state index contributed by atoms with van der Waals surface area (Å²) in [6.07, 6.45) is 0.103. The number of nitrogens with zero attached hydrogens (tertiary/aromatic N) is 1. The number of thiophene rings is 1. The maximum atomic E-state index is 13.5. The van der Waals surface area contributed by atoms with Gasteiger partial charge in [-0.15, -0.1) is 11.3 Å². The molecule has 0 saturated carbocycles. The van der Waals surface area contributed by atoms with Crippen molar-refractivity contribution in [3.8, 4) is 16.9 Å². The van der Waals surface area contributed by atoms with Gasteiger partial charge in [-0.1, -0.05) is 42.5 Å². The molecular formula is C31H26N2O6S. The molecule has 2 heterocycles. The number of amides is 3. The highest BCUT2D eigenvalue weighted by atomic mass is 32.1. The number of anilines is 1. The van der Waals surface area contributed by atoms with Crippen LogP contribution in [0.1, 0.15) is 47.1 Å². The van der Waals surface area contributed by atoms with Crippen molar-refractivity contribution in [3.05, 3.63) is 105 Å². The minimum Gasteiger partial charge on any atom is -0.497 e. The number of carboxylic acids is 1. The summed E-state index contributed by atoms with van der Waals surface area (Å²) in [5.41, 5.74) is 3.83. The van der Waals surface area contributed by atoms with Gasteiger partial charge in [0.25, 0.3) is 17.7 Å². The number of imide groups is 1. The predicted octanol–water partition coefficient (Wildman–Crippen LogP) is 5.27. The summed E-state index contributed by atoms with van der Waals surface area (Å²) in [7, 11) is 1.60. The summed E-state index contributed by atoms with van der Waals surface area (Å²) < 4.78 is 5.25. The first-order valence-corrected chi connectivity index (χ1v) is 13.4. The molecule has 0 radical (unpaired) electrons. The molecule has 0 aliphatic carbocycles. The minimum atomic E-state index is -1.17. The normalized spacial score (nSPS) is 13.2. The van der Waals surface area contributed by atoms with Crippen LogP contribution in [0.3, 0.4) is 0 Å². The van der Waals surface area contributed by atoms with E-state index in [1.807, 2.05) is 44.2 Å². The fourth-order valence-corrected chi connectivity index (χ4v) is 6.07. The summed E-state index contributed by atoms with van der Waals surface area (Å²) in [6.45, 7) is 3.81. The Morgan fingerprint density at radius 3 is 2.27 bits per heavy atom. The standard InChI is InChI=1S/C31H26N2O6S/c1-17-26(20-9-12-22(39-3)13-10-20)18(2)40-30(17)33-28(35)23-14-11-21(16-24(23)29(33)36)27(34)32-25(31(37)38)15-19-7-5-4-6-8-19/h4-14,16,25H,15H2,1-3H3,(H,32,34)(H,37,38)/t25-/m0/s1. The maximum absolute atomic E-state index is 13.5. The van der Waals surface area contributed by atoms with Crippen molar-refractivity contribution in [1.82, 2.24) is 5.32 Å². The number of carbonyl (C=O) groups excluding carboxylic acids is 3. The number of benzene rings is 3. The predicted molar refractivity (Wildman–Crippen MR) is 152 cm³/mol. The van der Waals surface area contributed by atoms with Crippen molar-refractivity contribution in [2.45, 2.75) is 26.3 Å². The molecular weight excluding hydrogens is 528 g/mol. The van der Waals surface area contributed by atoms with E-state index >= 15 is 0 Å². The summed E-state index contributed by atoms with van der Waals surface area (Å²) in [6, 6.07) is 19.6. The second kappa shape index (κ2) is 10.8. The fourth-order valence-electron chi connectivity index (χ4n) is 4.89. The van der Waals surface area contributed by atoms with E-state index in [2.05, 4.69) is 5.32 Å². The van der Waals surface area contributed by atoms with E-state index in [-0.39, 0.29) is 23.1 Å². The molecule has 5 rings (SSSR count). The summed E-state index contributed by atoms with van der Waals surface area (Å²) in [4.78, 5) is 53.8. The number of methoxy groups -OCH3 is 1. The monoisotopic (exact) mass is 554 g/mol. The number of carboxylic acid groups (broad SMARTS) is 1. The molecule has 0 bridgehead atoms. The van der Waals surface area contributed by atoms with Crippen LogP contribution >= 0.6 is 11.3 Å². The number of hydrogen-bond acceptors (Lipinski definition) is 6. The molecule has 3 aromatic carbocycles. The lowest BCUT2D eigenvalue weighted by Gasteiger charge is -2.15. The molecule has 1 aliphatic rings. The zero-order valence-corrected chi connectivity index (χ0v) is 22.9. The zero-order valence-electron chi connectivity index (χ0n) is 22.1. The van der Waals surface area contributed by atoms with Crippen LogP contribution in [-0.4, -0.2) is 41.9 Å². The van der Waals surface area contributed by atoms with Crippen LogP contribution in [-0.2, 0) is 11.2 Å². The van der Waals surface area contributed by atoms with Crippen LogP contribution in [0, 0.1) is 13.8 Å². The van der Waals surface area contributed by atoms with Crippen LogP contribution in [0.2, 0.25) is 0 Å². The van der Waals surface area contributed by atoms with Gasteiger partial charge in [0.05, 0.1) is 18.2 Å². The number of aliphatic carboxylic acids is 1. The molecule has 0 fully saturated rings. The van der Waals surface area contributed by atoms with Crippen LogP contribution in [0.4, 0.5) is 5.00 Å². The van der Waals surface area contributed by atoms with E-state index in [0.29, 0.717) is 5.00 Å². The Morgan fingerprint density at radius 1 is 0.950 bits per heavy atom. The molecule has 1 aromatic heterocycles. The van der Waals surface area contributed by atoms with E-state index in [0.717, 1.165) is 37.8 Å². The van der Waals surface area contributed by atoms with Crippen molar-refractivity contribution < 1.29 is 29.0 Å². The van der Waals surface area contributed by atoms with Gasteiger partial charge in [0.2, 0.25) is 0 Å². The van der Waals surface area contributed by atoms with E-state index in [1.54, 1.807) is 31.4 Å². The topological polar surface area (TPSA) is 113 Å². The van der Waals surface area contributed by atoms with Gasteiger partial charge in [0.1, 0.15) is 16.8 Å². The van der Waals surface area contributed by atoms with Crippen LogP contribution in [0.5, 0.6) is 5.75 Å². The molecule has 8 nitrogen and oxygen atoms in total. The molecule has 2 N–H and O–H groups in total. The van der Waals surface area contributed by atoms with Gasteiger partial charge in [0.15, 0.2) is 0 Å². The highest BCUT2D eigenvalue weighted by molar-refractivity contribution is 7.17. The summed E-state index contributed by atoms with van der Waals surface area (Å²) >= 11 is 1.35. The third kappa shape index (κ3) is 4.87. The second-order valence-electron chi connectivity index (χ2n) is 9.45. The minimum absolute atomic E-state index is 0.0964. The number of fused-ring (bicyclic) bond motifs is 1. The van der Waals surface area contributed by atoms with E-state index < -0.39 is 29.7 Å². The molecule has 0 spiro atoms. The number of ether oxygens (including phenoxy) is 1. The van der Waals surface area contributed by atoms with Gasteiger partial charge >= 0.3 is 5.97 Å². The van der Waals surface area contributed by atoms with E-state index in [4.69, 9.17) is 4.74 Å². The number of hydrogen-bond donors (Lipinski definition) is 2.